The smallest absolute Gasteiger partial charge is 0.238 e. The number of anilines is 2. The van der Waals surface area contributed by atoms with E-state index in [4.69, 9.17) is 10.5 Å². The molecular weight excluding hydrogens is 254 g/mol. The van der Waals surface area contributed by atoms with Gasteiger partial charge in [0.1, 0.15) is 0 Å². The number of nitrogen functional groups attached to an aromatic ring is 1. The van der Waals surface area contributed by atoms with E-state index in [0.29, 0.717) is 18.8 Å². The van der Waals surface area contributed by atoms with Crippen molar-refractivity contribution in [3.05, 3.63) is 23.8 Å². The molecule has 1 heterocycles. The summed E-state index contributed by atoms with van der Waals surface area (Å²) in [5.41, 5.74) is 8.22. The van der Waals surface area contributed by atoms with Gasteiger partial charge in [0.25, 0.3) is 0 Å². The number of ether oxygens (including phenoxy) is 1. The van der Waals surface area contributed by atoms with Gasteiger partial charge in [-0.3, -0.25) is 9.69 Å². The lowest BCUT2D eigenvalue weighted by atomic mass is 10.1. The van der Waals surface area contributed by atoms with Gasteiger partial charge in [-0.1, -0.05) is 6.07 Å². The van der Waals surface area contributed by atoms with Gasteiger partial charge < -0.3 is 15.8 Å². The maximum Gasteiger partial charge on any atom is 0.238 e. The minimum absolute atomic E-state index is 0.0142. The number of hydrogen-bond donors (Lipinski definition) is 2. The highest BCUT2D eigenvalue weighted by molar-refractivity contribution is 5.93. The first-order valence-corrected chi connectivity index (χ1v) is 6.98. The zero-order chi connectivity index (χ0) is 14.7. The summed E-state index contributed by atoms with van der Waals surface area (Å²) in [6.45, 7) is 7.84. The Hall–Kier alpha value is -1.59. The fourth-order valence-corrected chi connectivity index (χ4v) is 2.36. The Bertz CT molecular complexity index is 490. The Balaban J connectivity index is 1.96. The zero-order valence-corrected chi connectivity index (χ0v) is 12.3. The van der Waals surface area contributed by atoms with Crippen LogP contribution in [0.25, 0.3) is 0 Å². The third-order valence-electron chi connectivity index (χ3n) is 3.73. The highest BCUT2D eigenvalue weighted by Crippen LogP contribution is 2.20. The third kappa shape index (κ3) is 3.49. The molecule has 1 aliphatic heterocycles. The average molecular weight is 277 g/mol. The number of nitrogens with two attached hydrogens (primary N) is 1. The van der Waals surface area contributed by atoms with Gasteiger partial charge in [0.05, 0.1) is 19.3 Å². The Morgan fingerprint density at radius 2 is 2.25 bits per heavy atom. The molecule has 2 atom stereocenters. The Kier molecular flexibility index (Phi) is 4.62. The summed E-state index contributed by atoms with van der Waals surface area (Å²) in [6, 6.07) is 5.81. The van der Waals surface area contributed by atoms with Crippen LogP contribution in [0.2, 0.25) is 0 Å². The second-order valence-corrected chi connectivity index (χ2v) is 5.49. The molecule has 1 aromatic rings. The minimum Gasteiger partial charge on any atom is -0.398 e. The van der Waals surface area contributed by atoms with Crippen molar-refractivity contribution in [3.8, 4) is 0 Å². The van der Waals surface area contributed by atoms with Gasteiger partial charge in [-0.15, -0.1) is 0 Å². The van der Waals surface area contributed by atoms with Crippen LogP contribution in [-0.2, 0) is 9.53 Å². The monoisotopic (exact) mass is 277 g/mol. The normalized spacial score (nSPS) is 23.6. The number of rotatable bonds is 3. The molecule has 0 radical (unpaired) electrons. The molecule has 2 rings (SSSR count). The molecule has 0 aliphatic carbocycles. The average Bonchev–Trinajstić information content (AvgIpc) is 2.39. The first-order chi connectivity index (χ1) is 9.47. The standard InChI is InChI=1S/C15H23N3O2/c1-10-9-20-11(2)7-18(10)8-15(19)17-14-6-4-5-13(16)12(14)3/h4-6,10-11H,7-9,16H2,1-3H3,(H,17,19). The molecule has 5 nitrogen and oxygen atoms in total. The molecule has 0 aromatic heterocycles. The summed E-state index contributed by atoms with van der Waals surface area (Å²) in [6.07, 6.45) is 0.174. The van der Waals surface area contributed by atoms with Gasteiger partial charge in [0, 0.05) is 24.0 Å². The number of carbonyl (C=O) groups is 1. The molecule has 1 amide bonds. The summed E-state index contributed by atoms with van der Waals surface area (Å²) in [5.74, 6) is -0.0142. The molecule has 1 saturated heterocycles. The van der Waals surface area contributed by atoms with Crippen LogP contribution in [-0.4, -0.2) is 42.6 Å². The number of hydrogen-bond acceptors (Lipinski definition) is 4. The van der Waals surface area contributed by atoms with Crippen molar-refractivity contribution in [1.29, 1.82) is 0 Å². The Morgan fingerprint density at radius 1 is 1.50 bits per heavy atom. The maximum atomic E-state index is 12.2. The van der Waals surface area contributed by atoms with Crippen LogP contribution in [0.4, 0.5) is 11.4 Å². The molecule has 0 saturated carbocycles. The Labute approximate surface area is 120 Å². The van der Waals surface area contributed by atoms with Gasteiger partial charge in [0.2, 0.25) is 5.91 Å². The predicted octanol–water partition coefficient (Wildman–Crippen LogP) is 1.62. The number of amides is 1. The van der Waals surface area contributed by atoms with Crippen molar-refractivity contribution in [2.24, 2.45) is 0 Å². The third-order valence-corrected chi connectivity index (χ3v) is 3.73. The SMILES string of the molecule is Cc1c(N)cccc1NC(=O)CN1CC(C)OCC1C. The number of nitrogens with one attached hydrogen (secondary N) is 1. The fraction of sp³-hybridized carbons (Fsp3) is 0.533. The highest BCUT2D eigenvalue weighted by Gasteiger charge is 2.25. The van der Waals surface area contributed by atoms with Crippen LogP contribution in [0.15, 0.2) is 18.2 Å². The molecule has 5 heteroatoms. The summed E-state index contributed by atoms with van der Waals surface area (Å²) in [4.78, 5) is 14.3. The summed E-state index contributed by atoms with van der Waals surface area (Å²) < 4.78 is 5.57. The second-order valence-electron chi connectivity index (χ2n) is 5.49. The number of benzene rings is 1. The van der Waals surface area contributed by atoms with Crippen molar-refractivity contribution in [2.45, 2.75) is 32.9 Å². The van der Waals surface area contributed by atoms with Crippen molar-refractivity contribution in [3.63, 3.8) is 0 Å². The molecule has 0 bridgehead atoms. The van der Waals surface area contributed by atoms with Gasteiger partial charge >= 0.3 is 0 Å². The van der Waals surface area contributed by atoms with Crippen molar-refractivity contribution in [2.75, 3.05) is 30.7 Å². The van der Waals surface area contributed by atoms with E-state index in [0.717, 1.165) is 17.8 Å². The largest absolute Gasteiger partial charge is 0.398 e. The Morgan fingerprint density at radius 3 is 3.00 bits per heavy atom. The topological polar surface area (TPSA) is 67.6 Å². The number of morpholine rings is 1. The van der Waals surface area contributed by atoms with Gasteiger partial charge in [-0.25, -0.2) is 0 Å². The van der Waals surface area contributed by atoms with E-state index in [-0.39, 0.29) is 18.1 Å². The number of nitrogens with zero attached hydrogens (tertiary/aromatic N) is 1. The predicted molar refractivity (Wildman–Crippen MR) is 80.7 cm³/mol. The van der Waals surface area contributed by atoms with E-state index in [9.17, 15) is 4.79 Å². The van der Waals surface area contributed by atoms with Gasteiger partial charge in [-0.05, 0) is 38.5 Å². The molecule has 20 heavy (non-hydrogen) atoms. The quantitative estimate of drug-likeness (QED) is 0.824. The van der Waals surface area contributed by atoms with E-state index in [1.807, 2.05) is 32.0 Å². The van der Waals surface area contributed by atoms with Crippen LogP contribution in [0.3, 0.4) is 0 Å². The molecule has 1 aromatic carbocycles. The zero-order valence-electron chi connectivity index (χ0n) is 12.3. The molecule has 110 valence electrons. The van der Waals surface area contributed by atoms with E-state index in [1.54, 1.807) is 0 Å². The summed E-state index contributed by atoms with van der Waals surface area (Å²) >= 11 is 0. The summed E-state index contributed by atoms with van der Waals surface area (Å²) in [7, 11) is 0. The van der Waals surface area contributed by atoms with Crippen LogP contribution >= 0.6 is 0 Å². The first-order valence-electron chi connectivity index (χ1n) is 6.98. The number of carbonyl (C=O) groups excluding carboxylic acids is 1. The lowest BCUT2D eigenvalue weighted by Gasteiger charge is -2.36. The van der Waals surface area contributed by atoms with Crippen LogP contribution < -0.4 is 11.1 Å². The molecule has 0 spiro atoms. The molecule has 2 unspecified atom stereocenters. The van der Waals surface area contributed by atoms with Crippen LogP contribution in [0.1, 0.15) is 19.4 Å². The van der Waals surface area contributed by atoms with E-state index in [1.165, 1.54) is 0 Å². The highest BCUT2D eigenvalue weighted by atomic mass is 16.5. The van der Waals surface area contributed by atoms with Crippen LogP contribution in [0.5, 0.6) is 0 Å². The van der Waals surface area contributed by atoms with Gasteiger partial charge in [-0.2, -0.15) is 0 Å². The van der Waals surface area contributed by atoms with Crippen molar-refractivity contribution < 1.29 is 9.53 Å². The fourth-order valence-electron chi connectivity index (χ4n) is 2.36. The lowest BCUT2D eigenvalue weighted by Crippen LogP contribution is -2.50. The lowest BCUT2D eigenvalue weighted by molar-refractivity contribution is -0.121. The molecule has 1 aliphatic rings. The van der Waals surface area contributed by atoms with Crippen LogP contribution in [0, 0.1) is 6.92 Å². The van der Waals surface area contributed by atoms with E-state index >= 15 is 0 Å². The van der Waals surface area contributed by atoms with Crippen molar-refractivity contribution in [1.82, 2.24) is 4.90 Å². The summed E-state index contributed by atoms with van der Waals surface area (Å²) in [5, 5.41) is 2.93. The second kappa shape index (κ2) is 6.24. The van der Waals surface area contributed by atoms with Gasteiger partial charge in [0.15, 0.2) is 0 Å². The molecular formula is C15H23N3O2. The maximum absolute atomic E-state index is 12.2. The molecule has 3 N–H and O–H groups in total. The van der Waals surface area contributed by atoms with E-state index in [2.05, 4.69) is 17.1 Å². The van der Waals surface area contributed by atoms with Crippen molar-refractivity contribution >= 4 is 17.3 Å². The first kappa shape index (κ1) is 14.8. The molecule has 1 fully saturated rings. The van der Waals surface area contributed by atoms with E-state index < -0.39 is 0 Å². The minimum atomic E-state index is -0.0142.